The second kappa shape index (κ2) is 6.77. The number of hydrogen-bond donors (Lipinski definition) is 1. The van der Waals surface area contributed by atoms with Crippen LogP contribution in [0.5, 0.6) is 0 Å². The first kappa shape index (κ1) is 14.8. The van der Waals surface area contributed by atoms with Crippen LogP contribution in [-0.2, 0) is 6.54 Å². The van der Waals surface area contributed by atoms with Gasteiger partial charge in [0.2, 0.25) is 0 Å². The molecule has 6 nitrogen and oxygen atoms in total. The van der Waals surface area contributed by atoms with Crippen molar-refractivity contribution in [3.63, 3.8) is 0 Å². The van der Waals surface area contributed by atoms with Gasteiger partial charge in [-0.1, -0.05) is 0 Å². The molecule has 1 fully saturated rings. The van der Waals surface area contributed by atoms with Gasteiger partial charge in [-0.2, -0.15) is 5.26 Å². The smallest absolute Gasteiger partial charge is 0.158 e. The summed E-state index contributed by atoms with van der Waals surface area (Å²) in [7, 11) is 0. The van der Waals surface area contributed by atoms with Crippen molar-refractivity contribution in [2.75, 3.05) is 18.4 Å². The molecular weight excluding hydrogens is 303 g/mol. The first-order chi connectivity index (χ1) is 10.7. The van der Waals surface area contributed by atoms with E-state index in [4.69, 9.17) is 5.26 Å². The van der Waals surface area contributed by atoms with Crippen molar-refractivity contribution in [1.82, 2.24) is 19.9 Å². The summed E-state index contributed by atoms with van der Waals surface area (Å²) in [5.41, 5.74) is 0.278. The predicted molar refractivity (Wildman–Crippen MR) is 81.1 cm³/mol. The maximum atomic E-state index is 13.7. The Balaban J connectivity index is 1.58. The number of aromatic nitrogens is 3. The monoisotopic (exact) mass is 318 g/mol. The fraction of sp³-hybridized carbons (Fsp3) is 0.429. The molecular formula is C14H15FN6S. The van der Waals surface area contributed by atoms with Crippen LogP contribution in [0.15, 0.2) is 24.0 Å². The van der Waals surface area contributed by atoms with Gasteiger partial charge in [0, 0.05) is 30.7 Å². The molecule has 1 aliphatic heterocycles. The number of nitriles is 1. The Hall–Kier alpha value is -2.11. The zero-order chi connectivity index (χ0) is 15.4. The van der Waals surface area contributed by atoms with Crippen LogP contribution in [0.4, 0.5) is 10.2 Å². The van der Waals surface area contributed by atoms with E-state index in [0.29, 0.717) is 31.9 Å². The van der Waals surface area contributed by atoms with Gasteiger partial charge in [0.05, 0.1) is 18.9 Å². The molecule has 0 bridgehead atoms. The fourth-order valence-electron chi connectivity index (χ4n) is 2.53. The van der Waals surface area contributed by atoms with Gasteiger partial charge in [0.25, 0.3) is 0 Å². The Kier molecular flexibility index (Phi) is 4.56. The summed E-state index contributed by atoms with van der Waals surface area (Å²) >= 11 is 1.58. The molecule has 3 rings (SSSR count). The lowest BCUT2D eigenvalue weighted by atomic mass is 10.2. The van der Waals surface area contributed by atoms with Crippen LogP contribution in [0.3, 0.4) is 0 Å². The Morgan fingerprint density at radius 2 is 2.32 bits per heavy atom. The molecule has 0 aromatic carbocycles. The third kappa shape index (κ3) is 3.55. The highest BCUT2D eigenvalue weighted by molar-refractivity contribution is 7.09. The van der Waals surface area contributed by atoms with E-state index in [0.717, 1.165) is 5.01 Å². The first-order valence-electron chi connectivity index (χ1n) is 6.97. The number of likely N-dealkylation sites (tertiary alicyclic amines) is 1. The van der Waals surface area contributed by atoms with Crippen molar-refractivity contribution in [3.8, 4) is 6.07 Å². The molecule has 0 unspecified atom stereocenters. The summed E-state index contributed by atoms with van der Waals surface area (Å²) in [6.45, 7) is 1.70. The minimum Gasteiger partial charge on any atom is -0.367 e. The van der Waals surface area contributed by atoms with Gasteiger partial charge in [-0.15, -0.1) is 11.3 Å². The van der Waals surface area contributed by atoms with E-state index < -0.39 is 6.17 Å². The van der Waals surface area contributed by atoms with Crippen LogP contribution < -0.4 is 5.32 Å². The van der Waals surface area contributed by atoms with Crippen LogP contribution in [-0.4, -0.2) is 45.2 Å². The van der Waals surface area contributed by atoms with E-state index in [1.807, 2.05) is 11.4 Å². The molecule has 0 radical (unpaired) electrons. The highest BCUT2D eigenvalue weighted by Crippen LogP contribution is 2.23. The molecule has 22 heavy (non-hydrogen) atoms. The molecule has 1 aliphatic rings. The van der Waals surface area contributed by atoms with Gasteiger partial charge in [0.1, 0.15) is 23.1 Å². The topological polar surface area (TPSA) is 77.7 Å². The number of nitrogens with one attached hydrogen (secondary N) is 1. The van der Waals surface area contributed by atoms with Gasteiger partial charge in [0.15, 0.2) is 5.69 Å². The van der Waals surface area contributed by atoms with Gasteiger partial charge in [-0.3, -0.25) is 4.90 Å². The molecule has 0 aliphatic carbocycles. The number of nitrogens with zero attached hydrogens (tertiary/aromatic N) is 5. The number of alkyl halides is 1. The van der Waals surface area contributed by atoms with E-state index in [2.05, 4.69) is 25.2 Å². The van der Waals surface area contributed by atoms with E-state index in [9.17, 15) is 4.39 Å². The fourth-order valence-corrected chi connectivity index (χ4v) is 3.17. The van der Waals surface area contributed by atoms with Gasteiger partial charge >= 0.3 is 0 Å². The van der Waals surface area contributed by atoms with Crippen molar-refractivity contribution in [3.05, 3.63) is 34.7 Å². The lowest BCUT2D eigenvalue weighted by molar-refractivity contribution is 0.241. The first-order valence-corrected chi connectivity index (χ1v) is 7.85. The van der Waals surface area contributed by atoms with Crippen LogP contribution in [0, 0.1) is 11.3 Å². The van der Waals surface area contributed by atoms with Crippen LogP contribution in [0.1, 0.15) is 17.1 Å². The summed E-state index contributed by atoms with van der Waals surface area (Å²) in [6, 6.07) is 2.02. The van der Waals surface area contributed by atoms with E-state index >= 15 is 0 Å². The maximum absolute atomic E-state index is 13.7. The number of anilines is 1. The van der Waals surface area contributed by atoms with Crippen LogP contribution in [0.2, 0.25) is 0 Å². The zero-order valence-electron chi connectivity index (χ0n) is 11.8. The largest absolute Gasteiger partial charge is 0.367 e. The molecule has 0 spiro atoms. The summed E-state index contributed by atoms with van der Waals surface area (Å²) in [5, 5.41) is 14.8. The number of halogens is 1. The molecule has 1 N–H and O–H groups in total. The van der Waals surface area contributed by atoms with E-state index in [1.165, 1.54) is 12.4 Å². The lowest BCUT2D eigenvalue weighted by Gasteiger charge is -2.23. The average molecular weight is 318 g/mol. The molecule has 114 valence electrons. The molecule has 0 amide bonds. The second-order valence-corrected chi connectivity index (χ2v) is 6.10. The van der Waals surface area contributed by atoms with Gasteiger partial charge in [-0.25, -0.2) is 19.3 Å². The van der Waals surface area contributed by atoms with E-state index in [-0.39, 0.29) is 11.7 Å². The highest BCUT2D eigenvalue weighted by atomic mass is 32.1. The molecule has 2 aromatic heterocycles. The van der Waals surface area contributed by atoms with E-state index in [1.54, 1.807) is 17.5 Å². The quantitative estimate of drug-likeness (QED) is 0.906. The number of thiazole rings is 1. The van der Waals surface area contributed by atoms with Crippen molar-refractivity contribution >= 4 is 17.2 Å². The third-order valence-corrected chi connectivity index (χ3v) is 4.35. The summed E-state index contributed by atoms with van der Waals surface area (Å²) in [6.07, 6.45) is 4.40. The number of hydrogen-bond acceptors (Lipinski definition) is 7. The average Bonchev–Trinajstić information content (AvgIpc) is 3.16. The Bertz CT molecular complexity index is 638. The summed E-state index contributed by atoms with van der Waals surface area (Å²) in [5.74, 6) is 0.593. The van der Waals surface area contributed by atoms with Gasteiger partial charge in [-0.05, 0) is 6.42 Å². The number of rotatable bonds is 5. The molecule has 2 atom stereocenters. The van der Waals surface area contributed by atoms with Crippen molar-refractivity contribution in [1.29, 1.82) is 5.26 Å². The van der Waals surface area contributed by atoms with Crippen LogP contribution >= 0.6 is 11.3 Å². The standard InChI is InChI=1S/C14H15FN6S/c15-10-3-12(21(8-10)9-14-17-1-2-22-14)6-20-13-7-18-11(4-16)5-19-13/h1-2,5,7,10,12H,3,6,8-9H2,(H,19,20)/t10-,12-/m0/s1. The predicted octanol–water partition coefficient (Wildman–Crippen LogP) is 1.83. The highest BCUT2D eigenvalue weighted by Gasteiger charge is 2.32. The molecule has 8 heteroatoms. The maximum Gasteiger partial charge on any atom is 0.158 e. The van der Waals surface area contributed by atoms with Crippen LogP contribution in [0.25, 0.3) is 0 Å². The zero-order valence-corrected chi connectivity index (χ0v) is 12.6. The normalized spacial score (nSPS) is 21.6. The summed E-state index contributed by atoms with van der Waals surface area (Å²) < 4.78 is 13.7. The van der Waals surface area contributed by atoms with Crippen molar-refractivity contribution in [2.24, 2.45) is 0 Å². The Morgan fingerprint density at radius 1 is 1.41 bits per heavy atom. The van der Waals surface area contributed by atoms with Crippen molar-refractivity contribution in [2.45, 2.75) is 25.2 Å². The summed E-state index contributed by atoms with van der Waals surface area (Å²) in [4.78, 5) is 14.4. The van der Waals surface area contributed by atoms with Gasteiger partial charge < -0.3 is 5.32 Å². The minimum atomic E-state index is -0.807. The van der Waals surface area contributed by atoms with Crippen molar-refractivity contribution < 1.29 is 4.39 Å². The molecule has 2 aromatic rings. The molecule has 3 heterocycles. The molecule has 0 saturated carbocycles. The second-order valence-electron chi connectivity index (χ2n) is 5.12. The Morgan fingerprint density at radius 3 is 3.00 bits per heavy atom. The molecule has 1 saturated heterocycles. The third-order valence-electron chi connectivity index (χ3n) is 3.58. The SMILES string of the molecule is N#Cc1cnc(NC[C@@H]2C[C@H](F)CN2Cc2nccs2)cn1. The minimum absolute atomic E-state index is 0.0938. The Labute approximate surface area is 131 Å². The lowest BCUT2D eigenvalue weighted by Crippen LogP contribution is -2.34.